The summed E-state index contributed by atoms with van der Waals surface area (Å²) in [6.07, 6.45) is 0. The van der Waals surface area contributed by atoms with Crippen molar-refractivity contribution in [3.63, 3.8) is 0 Å². The highest BCUT2D eigenvalue weighted by atomic mass is 32.1. The Morgan fingerprint density at radius 3 is 1.68 bits per heavy atom. The minimum absolute atomic E-state index is 0.390. The molecule has 7 heteroatoms. The van der Waals surface area contributed by atoms with Crippen LogP contribution in [-0.4, -0.2) is 9.13 Å². The Morgan fingerprint density at radius 2 is 0.963 bits per heavy atom. The third kappa shape index (κ3) is 6.45. The third-order valence-electron chi connectivity index (χ3n) is 16.6. The van der Waals surface area contributed by atoms with Crippen molar-refractivity contribution in [2.75, 3.05) is 0 Å². The van der Waals surface area contributed by atoms with E-state index in [1.54, 1.807) is 22.7 Å². The molecule has 0 bridgehead atoms. The first-order chi connectivity index (χ1) is 40.1. The first-order valence-electron chi connectivity index (χ1n) is 27.0. The van der Waals surface area contributed by atoms with E-state index in [1.165, 1.54) is 20.2 Å². The SMILES string of the molecule is [C-]#[N+]c1c(-c2ccccc2)c(C#N)c(-n2c3c(ccc4c5ccccc5sc43)c3c(-c4ccccc4)cc4c5ccccc5sc4c32)c(-c2ccccc2)c1-n1c2ccccc2c2ccc(-c3cccc4oc5ccccc5c34)cc21. The van der Waals surface area contributed by atoms with Gasteiger partial charge in [-0.15, -0.1) is 22.7 Å². The second kappa shape index (κ2) is 17.5. The van der Waals surface area contributed by atoms with Gasteiger partial charge in [-0.2, -0.15) is 5.26 Å². The average molecular weight is 1070 g/mol. The lowest BCUT2D eigenvalue weighted by atomic mass is 9.88. The van der Waals surface area contributed by atoms with Gasteiger partial charge < -0.3 is 13.6 Å². The Morgan fingerprint density at radius 1 is 0.395 bits per heavy atom. The van der Waals surface area contributed by atoms with Crippen molar-refractivity contribution in [2.45, 2.75) is 0 Å². The van der Waals surface area contributed by atoms with Crippen molar-refractivity contribution in [3.05, 3.63) is 260 Å². The van der Waals surface area contributed by atoms with Crippen LogP contribution in [0, 0.1) is 17.9 Å². The molecule has 17 aromatic rings. The minimum atomic E-state index is 0.390. The number of hydrogen-bond acceptors (Lipinski definition) is 4. The molecule has 0 fully saturated rings. The smallest absolute Gasteiger partial charge is 0.220 e. The molecule has 0 aliphatic carbocycles. The van der Waals surface area contributed by atoms with E-state index in [0.29, 0.717) is 22.5 Å². The van der Waals surface area contributed by atoms with Gasteiger partial charge in [0.1, 0.15) is 17.2 Å². The van der Waals surface area contributed by atoms with Gasteiger partial charge in [0.25, 0.3) is 0 Å². The van der Waals surface area contributed by atoms with E-state index < -0.39 is 0 Å². The van der Waals surface area contributed by atoms with Crippen LogP contribution in [0.3, 0.4) is 0 Å². The summed E-state index contributed by atoms with van der Waals surface area (Å²) in [4.78, 5) is 4.68. The molecule has 0 spiro atoms. The molecule has 0 N–H and O–H groups in total. The van der Waals surface area contributed by atoms with Crippen LogP contribution in [0.2, 0.25) is 0 Å². The van der Waals surface area contributed by atoms with Crippen LogP contribution < -0.4 is 0 Å². The largest absolute Gasteiger partial charge is 0.456 e. The Labute approximate surface area is 471 Å². The van der Waals surface area contributed by atoms with Gasteiger partial charge in [0.15, 0.2) is 0 Å². The van der Waals surface area contributed by atoms with Crippen LogP contribution in [0.5, 0.6) is 0 Å². The van der Waals surface area contributed by atoms with E-state index >= 15 is 0 Å². The van der Waals surface area contributed by atoms with Crippen LogP contribution in [0.1, 0.15) is 5.56 Å². The molecule has 0 amide bonds. The van der Waals surface area contributed by atoms with E-state index in [4.69, 9.17) is 4.42 Å². The molecule has 12 aromatic carbocycles. The third-order valence-corrected chi connectivity index (χ3v) is 19.0. The Kier molecular flexibility index (Phi) is 9.82. The number of thiophene rings is 2. The van der Waals surface area contributed by atoms with Gasteiger partial charge in [-0.1, -0.05) is 200 Å². The summed E-state index contributed by atoms with van der Waals surface area (Å²) in [5.74, 6) is 0. The molecule has 0 aliphatic rings. The second-order valence-corrected chi connectivity index (χ2v) is 22.9. The first kappa shape index (κ1) is 45.5. The van der Waals surface area contributed by atoms with Gasteiger partial charge in [-0.05, 0) is 75.8 Å². The van der Waals surface area contributed by atoms with Crippen LogP contribution >= 0.6 is 22.7 Å². The topological polar surface area (TPSA) is 51.1 Å². The zero-order valence-electron chi connectivity index (χ0n) is 43.1. The summed E-state index contributed by atoms with van der Waals surface area (Å²) in [5, 5.41) is 23.5. The van der Waals surface area contributed by atoms with E-state index in [9.17, 15) is 11.8 Å². The highest BCUT2D eigenvalue weighted by Gasteiger charge is 2.34. The lowest BCUT2D eigenvalue weighted by Gasteiger charge is -2.26. The van der Waals surface area contributed by atoms with E-state index in [-0.39, 0.29) is 0 Å². The number of para-hydroxylation sites is 2. The molecule has 374 valence electrons. The second-order valence-electron chi connectivity index (χ2n) is 20.7. The van der Waals surface area contributed by atoms with Crippen LogP contribution in [0.4, 0.5) is 5.69 Å². The van der Waals surface area contributed by atoms with Crippen molar-refractivity contribution in [1.29, 1.82) is 5.26 Å². The molecule has 5 heterocycles. The minimum Gasteiger partial charge on any atom is -0.456 e. The van der Waals surface area contributed by atoms with Crippen LogP contribution in [0.25, 0.3) is 167 Å². The fourth-order valence-electron chi connectivity index (χ4n) is 13.2. The van der Waals surface area contributed by atoms with Crippen molar-refractivity contribution >= 4 is 134 Å². The number of nitriles is 1. The zero-order valence-corrected chi connectivity index (χ0v) is 44.7. The molecule has 81 heavy (non-hydrogen) atoms. The van der Waals surface area contributed by atoms with Gasteiger partial charge in [0.05, 0.1) is 55.0 Å². The highest BCUT2D eigenvalue weighted by molar-refractivity contribution is 7.27. The van der Waals surface area contributed by atoms with E-state index in [2.05, 4.69) is 208 Å². The zero-order chi connectivity index (χ0) is 53.4. The number of aromatic nitrogens is 2. The maximum Gasteiger partial charge on any atom is 0.220 e. The number of rotatable bonds is 6. The molecule has 0 atom stereocenters. The maximum absolute atomic E-state index is 12.5. The van der Waals surface area contributed by atoms with Gasteiger partial charge in [-0.3, -0.25) is 0 Å². The van der Waals surface area contributed by atoms with Gasteiger partial charge >= 0.3 is 0 Å². The summed E-state index contributed by atoms with van der Waals surface area (Å²) < 4.78 is 15.9. The van der Waals surface area contributed by atoms with Crippen molar-refractivity contribution < 1.29 is 4.42 Å². The standard InChI is InChI=1S/C74H40N4OS2/c1-76-68-64(44-22-7-3-8-23-44)57(42-75)69(78-70-54(39-38-52-50-27-13-17-34-62(50)80-73(52)70)67-55(43-20-5-2-6-21-43)41-56-51-28-14-18-35-63(51)81-74(56)72(67)78)65(45-24-9-4-10-25-45)71(68)77-58-31-15-11-26-48(58)49-37-36-46(40-59(49)77)47-30-19-33-61-66(47)53-29-12-16-32-60(53)79-61/h2-41H. The Balaban J connectivity index is 1.14. The monoisotopic (exact) mass is 1060 g/mol. The fraction of sp³-hybridized carbons (Fsp3) is 0. The quantitative estimate of drug-likeness (QED) is 0.156. The maximum atomic E-state index is 12.5. The number of hydrogen-bond donors (Lipinski definition) is 0. The summed E-state index contributed by atoms with van der Waals surface area (Å²) in [5.41, 5.74) is 15.1. The molecular weight excluding hydrogens is 1020 g/mol. The van der Waals surface area contributed by atoms with Crippen molar-refractivity contribution in [1.82, 2.24) is 9.13 Å². The molecule has 5 nitrogen and oxygen atoms in total. The highest BCUT2D eigenvalue weighted by Crippen LogP contribution is 2.56. The van der Waals surface area contributed by atoms with Crippen LogP contribution in [0.15, 0.2) is 247 Å². The summed E-state index contributed by atoms with van der Waals surface area (Å²) in [7, 11) is 0. The predicted molar refractivity (Wildman–Crippen MR) is 341 cm³/mol. The summed E-state index contributed by atoms with van der Waals surface area (Å²) in [6.45, 7) is 9.61. The van der Waals surface area contributed by atoms with Crippen molar-refractivity contribution in [3.8, 4) is 62.0 Å². The van der Waals surface area contributed by atoms with E-state index in [1.807, 2.05) is 54.6 Å². The molecule has 0 saturated heterocycles. The lowest BCUT2D eigenvalue weighted by Crippen LogP contribution is -2.09. The first-order valence-corrected chi connectivity index (χ1v) is 28.6. The van der Waals surface area contributed by atoms with Crippen LogP contribution in [-0.2, 0) is 0 Å². The summed E-state index contributed by atoms with van der Waals surface area (Å²) in [6, 6.07) is 88.6. The number of fused-ring (bicyclic) bond motifs is 17. The van der Waals surface area contributed by atoms with Crippen molar-refractivity contribution in [2.24, 2.45) is 0 Å². The Hall–Kier alpha value is -10.5. The number of nitrogens with zero attached hydrogens (tertiary/aromatic N) is 4. The van der Waals surface area contributed by atoms with E-state index in [0.717, 1.165) is 130 Å². The van der Waals surface area contributed by atoms with Gasteiger partial charge in [-0.25, -0.2) is 4.85 Å². The predicted octanol–water partition coefficient (Wildman–Crippen LogP) is 21.6. The molecule has 0 unspecified atom stereocenters. The molecule has 0 aliphatic heterocycles. The molecular formula is C74H40N4OS2. The molecule has 5 aromatic heterocycles. The lowest BCUT2D eigenvalue weighted by molar-refractivity contribution is 0.669. The fourth-order valence-corrected chi connectivity index (χ4v) is 15.7. The average Bonchev–Trinajstić information content (AvgIpc) is 3.63. The van der Waals surface area contributed by atoms with Gasteiger partial charge in [0.2, 0.25) is 5.69 Å². The number of benzene rings is 12. The molecule has 0 radical (unpaired) electrons. The molecule has 17 rings (SSSR count). The summed E-state index contributed by atoms with van der Waals surface area (Å²) >= 11 is 3.60. The normalized spacial score (nSPS) is 11.9. The van der Waals surface area contributed by atoms with Gasteiger partial charge in [0, 0.05) is 74.4 Å². The Bertz CT molecular complexity index is 5610. The number of furan rings is 1. The molecule has 0 saturated carbocycles.